The van der Waals surface area contributed by atoms with E-state index in [9.17, 15) is 9.59 Å². The number of anilines is 1. The summed E-state index contributed by atoms with van der Waals surface area (Å²) in [6.45, 7) is 3.82. The number of benzene rings is 2. The molecule has 1 atom stereocenters. The zero-order valence-corrected chi connectivity index (χ0v) is 15.5. The van der Waals surface area contributed by atoms with Crippen LogP contribution in [0.1, 0.15) is 24.2 Å². The first-order valence-corrected chi connectivity index (χ1v) is 8.70. The number of rotatable bonds is 6. The maximum Gasteiger partial charge on any atom is 0.339 e. The summed E-state index contributed by atoms with van der Waals surface area (Å²) in [5.41, 5.74) is 0.664. The van der Waals surface area contributed by atoms with Crippen LogP contribution in [0.2, 0.25) is 5.02 Å². The number of para-hydroxylation sites is 2. The SMILES string of the molecule is CCOc1ccccc1NC(=O)[C@@H](C)OC(=O)c1cc(Cl)c2c(c1)OCO2. The van der Waals surface area contributed by atoms with Gasteiger partial charge in [0.1, 0.15) is 5.75 Å². The number of carbonyl (C=O) groups is 2. The fourth-order valence-electron chi connectivity index (χ4n) is 2.45. The summed E-state index contributed by atoms with van der Waals surface area (Å²) in [5, 5.41) is 2.93. The molecule has 8 heteroatoms. The number of fused-ring (bicyclic) bond motifs is 1. The maximum atomic E-state index is 12.4. The second-order valence-electron chi connectivity index (χ2n) is 5.66. The first kappa shape index (κ1) is 18.8. The van der Waals surface area contributed by atoms with E-state index >= 15 is 0 Å². The van der Waals surface area contributed by atoms with Gasteiger partial charge in [0.25, 0.3) is 5.91 Å². The number of ether oxygens (including phenoxy) is 4. The van der Waals surface area contributed by atoms with Gasteiger partial charge in [0, 0.05) is 0 Å². The third-order valence-corrected chi connectivity index (χ3v) is 4.04. The van der Waals surface area contributed by atoms with Gasteiger partial charge < -0.3 is 24.3 Å². The van der Waals surface area contributed by atoms with Crippen LogP contribution in [0, 0.1) is 0 Å². The monoisotopic (exact) mass is 391 g/mol. The normalized spacial score (nSPS) is 13.0. The summed E-state index contributed by atoms with van der Waals surface area (Å²) in [7, 11) is 0. The smallest absolute Gasteiger partial charge is 0.339 e. The van der Waals surface area contributed by atoms with Crippen LogP contribution in [0.4, 0.5) is 5.69 Å². The largest absolute Gasteiger partial charge is 0.492 e. The van der Waals surface area contributed by atoms with Crippen LogP contribution in [0.3, 0.4) is 0 Å². The van der Waals surface area contributed by atoms with Gasteiger partial charge in [-0.2, -0.15) is 0 Å². The van der Waals surface area contributed by atoms with Crippen molar-refractivity contribution in [2.45, 2.75) is 20.0 Å². The third kappa shape index (κ3) is 4.25. The Labute approximate surface area is 161 Å². The zero-order chi connectivity index (χ0) is 19.4. The highest BCUT2D eigenvalue weighted by molar-refractivity contribution is 6.32. The van der Waals surface area contributed by atoms with Gasteiger partial charge in [0.2, 0.25) is 6.79 Å². The molecule has 27 heavy (non-hydrogen) atoms. The molecule has 1 amide bonds. The van der Waals surface area contributed by atoms with Gasteiger partial charge in [-0.1, -0.05) is 23.7 Å². The number of hydrogen-bond donors (Lipinski definition) is 1. The minimum atomic E-state index is -1.03. The summed E-state index contributed by atoms with van der Waals surface area (Å²) < 4.78 is 21.1. The molecule has 0 unspecified atom stereocenters. The highest BCUT2D eigenvalue weighted by Crippen LogP contribution is 2.40. The fraction of sp³-hybridized carbons (Fsp3) is 0.263. The average Bonchev–Trinajstić information content (AvgIpc) is 3.12. The molecule has 0 aliphatic carbocycles. The van der Waals surface area contributed by atoms with Crippen molar-refractivity contribution in [2.24, 2.45) is 0 Å². The molecule has 2 aromatic rings. The molecule has 142 valence electrons. The highest BCUT2D eigenvalue weighted by atomic mass is 35.5. The molecule has 1 N–H and O–H groups in total. The molecule has 1 aliphatic heterocycles. The molecule has 7 nitrogen and oxygen atoms in total. The van der Waals surface area contributed by atoms with Crippen LogP contribution in [-0.4, -0.2) is 31.4 Å². The van der Waals surface area contributed by atoms with Crippen LogP contribution in [0.15, 0.2) is 36.4 Å². The van der Waals surface area contributed by atoms with E-state index in [4.69, 9.17) is 30.5 Å². The summed E-state index contributed by atoms with van der Waals surface area (Å²) in [6, 6.07) is 9.88. The van der Waals surface area contributed by atoms with Crippen LogP contribution in [-0.2, 0) is 9.53 Å². The topological polar surface area (TPSA) is 83.1 Å². The standard InChI is InChI=1S/C19H18ClNO6/c1-3-24-15-7-5-4-6-14(15)21-18(22)11(2)27-19(23)12-8-13(20)17-16(9-12)25-10-26-17/h4-9,11H,3,10H2,1-2H3,(H,21,22)/t11-/m1/s1. The quantitative estimate of drug-likeness (QED) is 0.757. The Balaban J connectivity index is 1.66. The number of halogens is 1. The van der Waals surface area contributed by atoms with Crippen LogP contribution in [0.5, 0.6) is 17.2 Å². The van der Waals surface area contributed by atoms with E-state index in [0.29, 0.717) is 29.5 Å². The Morgan fingerprint density at radius 1 is 1.26 bits per heavy atom. The van der Waals surface area contributed by atoms with Crippen molar-refractivity contribution in [1.82, 2.24) is 0 Å². The van der Waals surface area contributed by atoms with E-state index in [-0.39, 0.29) is 17.4 Å². The summed E-state index contributed by atoms with van der Waals surface area (Å²) in [5.74, 6) is 0.0939. The highest BCUT2D eigenvalue weighted by Gasteiger charge is 2.24. The van der Waals surface area contributed by atoms with Crippen molar-refractivity contribution < 1.29 is 28.5 Å². The van der Waals surface area contributed by atoms with E-state index < -0.39 is 18.0 Å². The van der Waals surface area contributed by atoms with Gasteiger partial charge in [0.05, 0.1) is 22.9 Å². The second kappa shape index (κ2) is 8.18. The van der Waals surface area contributed by atoms with Crippen LogP contribution >= 0.6 is 11.6 Å². The van der Waals surface area contributed by atoms with Crippen molar-refractivity contribution >= 4 is 29.2 Å². The Bertz CT molecular complexity index is 869. The lowest BCUT2D eigenvalue weighted by atomic mass is 10.2. The lowest BCUT2D eigenvalue weighted by Gasteiger charge is -2.16. The van der Waals surface area contributed by atoms with E-state index in [1.54, 1.807) is 24.3 Å². The molecule has 1 aliphatic rings. The first-order chi connectivity index (χ1) is 13.0. The number of amides is 1. The van der Waals surface area contributed by atoms with Gasteiger partial charge in [-0.25, -0.2) is 4.79 Å². The summed E-state index contributed by atoms with van der Waals surface area (Å²) >= 11 is 6.07. The van der Waals surface area contributed by atoms with E-state index in [2.05, 4.69) is 5.32 Å². The number of hydrogen-bond acceptors (Lipinski definition) is 6. The Morgan fingerprint density at radius 2 is 2.04 bits per heavy atom. The van der Waals surface area contributed by atoms with Crippen molar-refractivity contribution in [3.05, 3.63) is 47.0 Å². The molecule has 0 spiro atoms. The fourth-order valence-corrected chi connectivity index (χ4v) is 2.72. The van der Waals surface area contributed by atoms with Gasteiger partial charge in [0.15, 0.2) is 17.6 Å². The molecular formula is C19H18ClNO6. The average molecular weight is 392 g/mol. The molecule has 0 bridgehead atoms. The molecule has 0 radical (unpaired) electrons. The van der Waals surface area contributed by atoms with Crippen molar-refractivity contribution in [3.63, 3.8) is 0 Å². The van der Waals surface area contributed by atoms with Gasteiger partial charge >= 0.3 is 5.97 Å². The minimum Gasteiger partial charge on any atom is -0.492 e. The summed E-state index contributed by atoms with van der Waals surface area (Å²) in [6.07, 6.45) is -1.03. The summed E-state index contributed by atoms with van der Waals surface area (Å²) in [4.78, 5) is 24.7. The molecule has 0 saturated heterocycles. The molecule has 3 rings (SSSR count). The lowest BCUT2D eigenvalue weighted by Crippen LogP contribution is -2.30. The van der Waals surface area contributed by atoms with Crippen molar-refractivity contribution in [3.8, 4) is 17.2 Å². The van der Waals surface area contributed by atoms with Crippen LogP contribution < -0.4 is 19.5 Å². The predicted molar refractivity (Wildman–Crippen MR) is 98.7 cm³/mol. The Hall–Kier alpha value is -2.93. The molecule has 0 saturated carbocycles. The number of nitrogens with one attached hydrogen (secondary N) is 1. The lowest BCUT2D eigenvalue weighted by molar-refractivity contribution is -0.123. The van der Waals surface area contributed by atoms with Gasteiger partial charge in [-0.3, -0.25) is 4.79 Å². The Kier molecular flexibility index (Phi) is 5.71. The molecular weight excluding hydrogens is 374 g/mol. The maximum absolute atomic E-state index is 12.4. The second-order valence-corrected chi connectivity index (χ2v) is 6.07. The molecule has 1 heterocycles. The van der Waals surface area contributed by atoms with Crippen molar-refractivity contribution in [2.75, 3.05) is 18.7 Å². The van der Waals surface area contributed by atoms with E-state index in [1.807, 2.05) is 6.92 Å². The minimum absolute atomic E-state index is 0.0333. The first-order valence-electron chi connectivity index (χ1n) is 8.32. The van der Waals surface area contributed by atoms with Gasteiger partial charge in [-0.05, 0) is 38.1 Å². The molecule has 2 aromatic carbocycles. The van der Waals surface area contributed by atoms with E-state index in [0.717, 1.165) is 0 Å². The third-order valence-electron chi connectivity index (χ3n) is 3.76. The number of carbonyl (C=O) groups excluding carboxylic acids is 2. The molecule has 0 fully saturated rings. The van der Waals surface area contributed by atoms with E-state index in [1.165, 1.54) is 19.1 Å². The predicted octanol–water partition coefficient (Wildman–Crippen LogP) is 3.65. The van der Waals surface area contributed by atoms with Crippen LogP contribution in [0.25, 0.3) is 0 Å². The van der Waals surface area contributed by atoms with Crippen molar-refractivity contribution in [1.29, 1.82) is 0 Å². The molecule has 0 aromatic heterocycles. The number of esters is 1. The van der Waals surface area contributed by atoms with Gasteiger partial charge in [-0.15, -0.1) is 0 Å². The Morgan fingerprint density at radius 3 is 2.81 bits per heavy atom. The zero-order valence-electron chi connectivity index (χ0n) is 14.8.